The fourth-order valence-electron chi connectivity index (χ4n) is 5.75. The standard InChI is InChI=1S/C16H23NO2/c1-8(17)16(18)19-3-2-9-4-10-5-12(9)15-13(10)6-11-7-14(11)15/h9-15,17H,2-7H2,1H3. The fraction of sp³-hybridized carbons (Fsp3) is 0.875. The highest BCUT2D eigenvalue weighted by molar-refractivity contribution is 6.33. The average molecular weight is 261 g/mol. The van der Waals surface area contributed by atoms with E-state index in [1.54, 1.807) is 0 Å². The van der Waals surface area contributed by atoms with Gasteiger partial charge in [-0.1, -0.05) is 0 Å². The Labute approximate surface area is 114 Å². The van der Waals surface area contributed by atoms with Gasteiger partial charge in [-0.25, -0.2) is 4.79 Å². The molecule has 4 saturated carbocycles. The quantitative estimate of drug-likeness (QED) is 0.625. The Morgan fingerprint density at radius 1 is 1.11 bits per heavy atom. The van der Waals surface area contributed by atoms with Crippen LogP contribution >= 0.6 is 0 Å². The molecule has 0 heterocycles. The molecule has 4 aliphatic rings. The maximum atomic E-state index is 11.3. The SMILES string of the molecule is CC(=N)C(=O)OCCC1CC2CC1C1C2CC2CC21. The van der Waals surface area contributed by atoms with E-state index < -0.39 is 5.97 Å². The van der Waals surface area contributed by atoms with E-state index in [0.717, 1.165) is 47.8 Å². The van der Waals surface area contributed by atoms with Crippen LogP contribution in [0.15, 0.2) is 0 Å². The molecule has 2 bridgehead atoms. The molecule has 104 valence electrons. The van der Waals surface area contributed by atoms with Crippen LogP contribution in [0.2, 0.25) is 0 Å². The number of nitrogens with one attached hydrogen (secondary N) is 1. The monoisotopic (exact) mass is 261 g/mol. The molecule has 0 aromatic carbocycles. The predicted molar refractivity (Wildman–Crippen MR) is 71.9 cm³/mol. The van der Waals surface area contributed by atoms with Crippen molar-refractivity contribution in [2.24, 2.45) is 41.4 Å². The van der Waals surface area contributed by atoms with Crippen LogP contribution in [0.25, 0.3) is 0 Å². The van der Waals surface area contributed by atoms with Gasteiger partial charge in [-0.3, -0.25) is 5.41 Å². The third-order valence-corrected chi connectivity index (χ3v) is 6.45. The highest BCUT2D eigenvalue weighted by atomic mass is 16.5. The highest BCUT2D eigenvalue weighted by Crippen LogP contribution is 2.71. The summed E-state index contributed by atoms with van der Waals surface area (Å²) in [6, 6.07) is 0. The molecule has 4 rings (SSSR count). The summed E-state index contributed by atoms with van der Waals surface area (Å²) in [5.74, 6) is 6.56. The number of esters is 1. The molecule has 4 aliphatic carbocycles. The highest BCUT2D eigenvalue weighted by Gasteiger charge is 2.64. The van der Waals surface area contributed by atoms with Gasteiger partial charge in [0.05, 0.1) is 6.61 Å². The summed E-state index contributed by atoms with van der Waals surface area (Å²) in [5, 5.41) is 7.23. The fourth-order valence-corrected chi connectivity index (χ4v) is 5.75. The van der Waals surface area contributed by atoms with Crippen LogP contribution in [0.5, 0.6) is 0 Å². The molecule has 0 aromatic rings. The number of fused-ring (bicyclic) bond motifs is 7. The normalized spacial score (nSPS) is 48.8. The summed E-state index contributed by atoms with van der Waals surface area (Å²) >= 11 is 0. The maximum Gasteiger partial charge on any atom is 0.351 e. The smallest absolute Gasteiger partial charge is 0.351 e. The minimum absolute atomic E-state index is 0.0182. The molecule has 1 N–H and O–H groups in total. The zero-order valence-corrected chi connectivity index (χ0v) is 11.6. The van der Waals surface area contributed by atoms with Crippen molar-refractivity contribution in [3.05, 3.63) is 0 Å². The van der Waals surface area contributed by atoms with E-state index in [-0.39, 0.29) is 5.71 Å². The summed E-state index contributed by atoms with van der Waals surface area (Å²) in [7, 11) is 0. The van der Waals surface area contributed by atoms with Crippen molar-refractivity contribution >= 4 is 11.7 Å². The summed E-state index contributed by atoms with van der Waals surface area (Å²) in [6.07, 6.45) is 6.91. The lowest BCUT2D eigenvalue weighted by molar-refractivity contribution is -0.136. The Kier molecular flexibility index (Phi) is 2.55. The van der Waals surface area contributed by atoms with E-state index in [4.69, 9.17) is 10.1 Å². The first-order valence-corrected chi connectivity index (χ1v) is 7.87. The van der Waals surface area contributed by atoms with Gasteiger partial charge in [0, 0.05) is 0 Å². The van der Waals surface area contributed by atoms with Gasteiger partial charge in [-0.05, 0) is 80.5 Å². The molecule has 19 heavy (non-hydrogen) atoms. The number of hydrogen-bond donors (Lipinski definition) is 1. The third-order valence-electron chi connectivity index (χ3n) is 6.45. The van der Waals surface area contributed by atoms with E-state index in [0.29, 0.717) is 6.61 Å². The Morgan fingerprint density at radius 2 is 1.74 bits per heavy atom. The van der Waals surface area contributed by atoms with Crippen LogP contribution in [-0.4, -0.2) is 18.3 Å². The largest absolute Gasteiger partial charge is 0.461 e. The number of ether oxygens (including phenoxy) is 1. The van der Waals surface area contributed by atoms with Crippen LogP contribution in [0.1, 0.15) is 39.0 Å². The molecule has 3 nitrogen and oxygen atoms in total. The third kappa shape index (κ3) is 1.77. The first-order valence-electron chi connectivity index (χ1n) is 7.87. The van der Waals surface area contributed by atoms with Gasteiger partial charge in [0.2, 0.25) is 0 Å². The number of hydrogen-bond acceptors (Lipinski definition) is 3. The van der Waals surface area contributed by atoms with E-state index in [1.165, 1.54) is 32.6 Å². The molecule has 0 radical (unpaired) electrons. The predicted octanol–water partition coefficient (Wildman–Crippen LogP) is 2.89. The van der Waals surface area contributed by atoms with Crippen LogP contribution in [0.4, 0.5) is 0 Å². The minimum atomic E-state index is -0.441. The first kappa shape index (κ1) is 11.9. The van der Waals surface area contributed by atoms with Crippen molar-refractivity contribution < 1.29 is 9.53 Å². The number of carbonyl (C=O) groups is 1. The lowest BCUT2D eigenvalue weighted by Gasteiger charge is -2.33. The average Bonchev–Trinajstić information content (AvgIpc) is 2.75. The van der Waals surface area contributed by atoms with Crippen LogP contribution in [-0.2, 0) is 9.53 Å². The molecule has 0 aromatic heterocycles. The van der Waals surface area contributed by atoms with E-state index in [9.17, 15) is 4.79 Å². The van der Waals surface area contributed by atoms with Gasteiger partial charge in [0.15, 0.2) is 0 Å². The Morgan fingerprint density at radius 3 is 2.42 bits per heavy atom. The molecule has 7 atom stereocenters. The number of carbonyl (C=O) groups excluding carboxylic acids is 1. The van der Waals surface area contributed by atoms with Crippen molar-refractivity contribution in [1.29, 1.82) is 5.41 Å². The van der Waals surface area contributed by atoms with Gasteiger partial charge in [0.25, 0.3) is 0 Å². The summed E-state index contributed by atoms with van der Waals surface area (Å²) < 4.78 is 5.16. The Balaban J connectivity index is 1.32. The second kappa shape index (κ2) is 4.07. The van der Waals surface area contributed by atoms with Crippen molar-refractivity contribution in [1.82, 2.24) is 0 Å². The van der Waals surface area contributed by atoms with E-state index >= 15 is 0 Å². The van der Waals surface area contributed by atoms with Gasteiger partial charge < -0.3 is 4.74 Å². The second-order valence-electron chi connectivity index (χ2n) is 7.34. The molecule has 0 amide bonds. The summed E-state index contributed by atoms with van der Waals surface area (Å²) in [6.45, 7) is 2.02. The zero-order chi connectivity index (χ0) is 13.1. The summed E-state index contributed by atoms with van der Waals surface area (Å²) in [4.78, 5) is 11.3. The molecule has 3 heteroatoms. The topological polar surface area (TPSA) is 50.2 Å². The van der Waals surface area contributed by atoms with Crippen molar-refractivity contribution in [2.75, 3.05) is 6.61 Å². The van der Waals surface area contributed by atoms with Gasteiger partial charge >= 0.3 is 5.97 Å². The van der Waals surface area contributed by atoms with Crippen LogP contribution in [0.3, 0.4) is 0 Å². The second-order valence-corrected chi connectivity index (χ2v) is 7.34. The first-order chi connectivity index (χ1) is 9.15. The molecular formula is C16H23NO2. The van der Waals surface area contributed by atoms with Gasteiger partial charge in [-0.2, -0.15) is 0 Å². The number of rotatable bonds is 4. The maximum absolute atomic E-state index is 11.3. The van der Waals surface area contributed by atoms with Crippen LogP contribution < -0.4 is 0 Å². The lowest BCUT2D eigenvalue weighted by Crippen LogP contribution is -2.28. The van der Waals surface area contributed by atoms with E-state index in [1.807, 2.05) is 0 Å². The molecule has 7 unspecified atom stereocenters. The molecule has 0 saturated heterocycles. The molecular weight excluding hydrogens is 238 g/mol. The van der Waals surface area contributed by atoms with Gasteiger partial charge in [-0.15, -0.1) is 0 Å². The molecule has 4 fully saturated rings. The minimum Gasteiger partial charge on any atom is -0.461 e. The van der Waals surface area contributed by atoms with Crippen molar-refractivity contribution in [3.8, 4) is 0 Å². The zero-order valence-electron chi connectivity index (χ0n) is 11.6. The lowest BCUT2D eigenvalue weighted by atomic mass is 9.72. The van der Waals surface area contributed by atoms with Crippen molar-refractivity contribution in [3.63, 3.8) is 0 Å². The van der Waals surface area contributed by atoms with E-state index in [2.05, 4.69) is 0 Å². The van der Waals surface area contributed by atoms with Crippen LogP contribution in [0, 0.1) is 46.8 Å². The molecule has 0 spiro atoms. The summed E-state index contributed by atoms with van der Waals surface area (Å²) in [5.41, 5.74) is 0.0182. The Hall–Kier alpha value is -0.860. The Bertz CT molecular complexity index is 432. The van der Waals surface area contributed by atoms with Gasteiger partial charge in [0.1, 0.15) is 5.71 Å². The molecule has 0 aliphatic heterocycles. The van der Waals surface area contributed by atoms with Crippen molar-refractivity contribution in [2.45, 2.75) is 39.0 Å².